The Morgan fingerprint density at radius 1 is 1.32 bits per heavy atom. The van der Waals surface area contributed by atoms with Crippen molar-refractivity contribution in [2.45, 2.75) is 32.2 Å². The zero-order valence-corrected chi connectivity index (χ0v) is 21.1. The number of hydrogen-bond donors (Lipinski definition) is 2. The van der Waals surface area contributed by atoms with Gasteiger partial charge in [0.25, 0.3) is 12.3 Å². The normalized spacial score (nSPS) is 17.8. The summed E-state index contributed by atoms with van der Waals surface area (Å²) in [5, 5.41) is 7.76. The van der Waals surface area contributed by atoms with Gasteiger partial charge in [-0.25, -0.2) is 13.8 Å². The molecule has 2 fully saturated rings. The van der Waals surface area contributed by atoms with Gasteiger partial charge < -0.3 is 20.1 Å². The van der Waals surface area contributed by atoms with Gasteiger partial charge in [-0.1, -0.05) is 5.92 Å². The largest absolute Gasteiger partial charge is 0.494 e. The summed E-state index contributed by atoms with van der Waals surface area (Å²) in [6.45, 7) is 3.55. The molecule has 1 atom stereocenters. The highest BCUT2D eigenvalue weighted by Crippen LogP contribution is 2.36. The van der Waals surface area contributed by atoms with Crippen molar-refractivity contribution in [2.24, 2.45) is 16.6 Å². The minimum Gasteiger partial charge on any atom is -0.494 e. The van der Waals surface area contributed by atoms with Gasteiger partial charge in [0.05, 0.1) is 38.1 Å². The lowest BCUT2D eigenvalue weighted by Crippen LogP contribution is -2.44. The van der Waals surface area contributed by atoms with Gasteiger partial charge in [0.2, 0.25) is 0 Å². The van der Waals surface area contributed by atoms with Crippen LogP contribution in [0.4, 0.5) is 14.6 Å². The zero-order valence-electron chi connectivity index (χ0n) is 20.3. The number of halogens is 2. The van der Waals surface area contributed by atoms with E-state index in [0.717, 1.165) is 24.6 Å². The Hall–Kier alpha value is -3.56. The van der Waals surface area contributed by atoms with Gasteiger partial charge in [0.15, 0.2) is 5.17 Å². The minimum absolute atomic E-state index is 0.0134. The second-order valence-corrected chi connectivity index (χ2v) is 9.58. The maximum Gasteiger partial charge on any atom is 0.281 e. The molecule has 2 aliphatic rings. The predicted molar refractivity (Wildman–Crippen MR) is 138 cm³/mol. The van der Waals surface area contributed by atoms with E-state index in [2.05, 4.69) is 26.8 Å². The van der Waals surface area contributed by atoms with Crippen molar-refractivity contribution in [2.75, 3.05) is 31.8 Å². The molecule has 3 N–H and O–H groups in total. The first-order valence-electron chi connectivity index (χ1n) is 11.6. The number of amides is 1. The molecule has 0 spiro atoms. The maximum atomic E-state index is 13.5. The van der Waals surface area contributed by atoms with E-state index >= 15 is 0 Å². The first-order valence-corrected chi connectivity index (χ1v) is 12.4. The Labute approximate surface area is 217 Å². The number of aliphatic imine (C=N–C) groups is 1. The SMILES string of the molecule is COc1cnc(C(F)F)cc1-c1cc(N2CCOC[C@H]2C)ncc1C(=O)N=C(N)SC(=N)C#CC1CC1. The van der Waals surface area contributed by atoms with Crippen LogP contribution in [-0.2, 0) is 4.74 Å². The Kier molecular flexibility index (Phi) is 8.35. The molecule has 2 aromatic rings. The van der Waals surface area contributed by atoms with Crippen molar-refractivity contribution < 1.29 is 23.0 Å². The van der Waals surface area contributed by atoms with Crippen LogP contribution in [-0.4, -0.2) is 59.0 Å². The maximum absolute atomic E-state index is 13.5. The van der Waals surface area contributed by atoms with Crippen LogP contribution in [0.15, 0.2) is 29.5 Å². The van der Waals surface area contributed by atoms with Gasteiger partial charge in [0, 0.05) is 29.8 Å². The number of thioether (sulfide) groups is 1. The number of morpholine rings is 1. The molecule has 0 unspecified atom stereocenters. The van der Waals surface area contributed by atoms with Crippen LogP contribution in [0, 0.1) is 23.2 Å². The molecule has 4 rings (SSSR count). The van der Waals surface area contributed by atoms with Crippen LogP contribution < -0.4 is 15.4 Å². The number of alkyl halides is 2. The average Bonchev–Trinajstić information content (AvgIpc) is 3.71. The summed E-state index contributed by atoms with van der Waals surface area (Å²) in [6.07, 6.45) is 1.76. The van der Waals surface area contributed by atoms with Crippen LogP contribution in [0.3, 0.4) is 0 Å². The average molecular weight is 529 g/mol. The lowest BCUT2D eigenvalue weighted by molar-refractivity contribution is 0.0983. The summed E-state index contributed by atoms with van der Waals surface area (Å²) >= 11 is 0.774. The van der Waals surface area contributed by atoms with Crippen LogP contribution in [0.5, 0.6) is 5.75 Å². The molecule has 2 aromatic heterocycles. The third kappa shape index (κ3) is 6.61. The molecule has 1 saturated carbocycles. The number of nitrogens with two attached hydrogens (primary N) is 1. The number of carbonyl (C=O) groups is 1. The number of aromatic nitrogens is 2. The van der Waals surface area contributed by atoms with Gasteiger partial charge in [-0.05, 0) is 49.6 Å². The predicted octanol–water partition coefficient (Wildman–Crippen LogP) is 3.89. The summed E-state index contributed by atoms with van der Waals surface area (Å²) in [5.41, 5.74) is 6.02. The van der Waals surface area contributed by atoms with E-state index in [1.807, 2.05) is 11.8 Å². The van der Waals surface area contributed by atoms with Crippen molar-refractivity contribution in [1.82, 2.24) is 9.97 Å². The van der Waals surface area contributed by atoms with Crippen molar-refractivity contribution >= 4 is 33.7 Å². The third-order valence-electron chi connectivity index (χ3n) is 5.79. The van der Waals surface area contributed by atoms with E-state index < -0.39 is 18.0 Å². The Morgan fingerprint density at radius 2 is 2.11 bits per heavy atom. The van der Waals surface area contributed by atoms with E-state index in [4.69, 9.17) is 20.6 Å². The van der Waals surface area contributed by atoms with Crippen molar-refractivity contribution in [3.63, 3.8) is 0 Å². The number of carbonyl (C=O) groups excluding carboxylic acids is 1. The van der Waals surface area contributed by atoms with Crippen LogP contribution >= 0.6 is 11.8 Å². The summed E-state index contributed by atoms with van der Waals surface area (Å²) in [4.78, 5) is 27.4. The molecule has 3 heterocycles. The smallest absolute Gasteiger partial charge is 0.281 e. The molecule has 1 aliphatic carbocycles. The van der Waals surface area contributed by atoms with Crippen molar-refractivity contribution in [3.8, 4) is 28.7 Å². The zero-order chi connectivity index (χ0) is 26.5. The molecule has 1 aliphatic heterocycles. The molecule has 37 heavy (non-hydrogen) atoms. The van der Waals surface area contributed by atoms with E-state index in [-0.39, 0.29) is 33.1 Å². The molecule has 9 nitrogen and oxygen atoms in total. The fourth-order valence-electron chi connectivity index (χ4n) is 3.72. The Balaban J connectivity index is 1.74. The number of amidine groups is 1. The van der Waals surface area contributed by atoms with E-state index in [0.29, 0.717) is 37.1 Å². The summed E-state index contributed by atoms with van der Waals surface area (Å²) in [5.74, 6) is 5.98. The van der Waals surface area contributed by atoms with Crippen LogP contribution in [0.25, 0.3) is 11.1 Å². The van der Waals surface area contributed by atoms with E-state index in [9.17, 15) is 13.6 Å². The highest BCUT2D eigenvalue weighted by molar-refractivity contribution is 8.26. The number of hydrogen-bond acceptors (Lipinski definition) is 8. The monoisotopic (exact) mass is 528 g/mol. The minimum atomic E-state index is -2.82. The number of rotatable bonds is 5. The fraction of sp³-hybridized carbons (Fsp3) is 0.400. The standard InChI is InChI=1S/C25H26F2N6O3S/c1-14-13-36-8-7-33(14)22-10-16(17-9-19(23(26)27)30-12-20(17)35-2)18(11-31-22)24(34)32-25(29)37-21(28)6-5-15-3-4-15/h9-12,14-15,23,28H,3-4,7-8,13H2,1-2H3,(H2,29,32,34)/t14-/m1/s1. The molecular weight excluding hydrogens is 502 g/mol. The molecule has 0 aromatic carbocycles. The Morgan fingerprint density at radius 3 is 2.78 bits per heavy atom. The summed E-state index contributed by atoms with van der Waals surface area (Å²) in [7, 11) is 1.39. The summed E-state index contributed by atoms with van der Waals surface area (Å²) in [6, 6.07) is 2.84. The quantitative estimate of drug-likeness (QED) is 0.340. The first kappa shape index (κ1) is 26.5. The lowest BCUT2D eigenvalue weighted by atomic mass is 9.99. The number of pyridine rings is 2. The molecule has 12 heteroatoms. The highest BCUT2D eigenvalue weighted by atomic mass is 32.2. The van der Waals surface area contributed by atoms with Gasteiger partial charge in [0.1, 0.15) is 22.3 Å². The fourth-order valence-corrected chi connectivity index (χ4v) is 4.17. The molecular formula is C25H26F2N6O3S. The van der Waals surface area contributed by atoms with Gasteiger partial charge in [-0.15, -0.1) is 0 Å². The highest BCUT2D eigenvalue weighted by Gasteiger charge is 2.25. The van der Waals surface area contributed by atoms with E-state index in [1.54, 1.807) is 6.07 Å². The molecule has 1 amide bonds. The van der Waals surface area contributed by atoms with Gasteiger partial charge in [-0.2, -0.15) is 4.99 Å². The van der Waals surface area contributed by atoms with Crippen LogP contribution in [0.1, 0.15) is 42.2 Å². The van der Waals surface area contributed by atoms with Crippen molar-refractivity contribution in [1.29, 1.82) is 5.41 Å². The third-order valence-corrected chi connectivity index (χ3v) is 6.40. The van der Waals surface area contributed by atoms with E-state index in [1.165, 1.54) is 25.6 Å². The second-order valence-electron chi connectivity index (χ2n) is 8.55. The first-order chi connectivity index (χ1) is 17.8. The summed E-state index contributed by atoms with van der Waals surface area (Å²) < 4.78 is 37.9. The van der Waals surface area contributed by atoms with Gasteiger partial charge >= 0.3 is 0 Å². The topological polar surface area (TPSA) is 127 Å². The number of methoxy groups -OCH3 is 1. The molecule has 1 saturated heterocycles. The second kappa shape index (κ2) is 11.7. The Bertz CT molecular complexity index is 1290. The lowest BCUT2D eigenvalue weighted by Gasteiger charge is -2.34. The molecule has 194 valence electrons. The molecule has 0 radical (unpaired) electrons. The number of nitrogens with zero attached hydrogens (tertiary/aromatic N) is 4. The van der Waals surface area contributed by atoms with Gasteiger partial charge in [-0.3, -0.25) is 15.2 Å². The number of anilines is 1. The molecule has 0 bridgehead atoms. The van der Waals surface area contributed by atoms with Crippen LogP contribution in [0.2, 0.25) is 0 Å². The van der Waals surface area contributed by atoms with Crippen molar-refractivity contribution in [3.05, 3.63) is 35.8 Å². The number of ether oxygens (including phenoxy) is 2. The number of nitrogens with one attached hydrogen (secondary N) is 1.